The summed E-state index contributed by atoms with van der Waals surface area (Å²) in [4.78, 5) is 11.2. The van der Waals surface area contributed by atoms with Crippen molar-refractivity contribution in [3.8, 4) is 23.7 Å². The lowest BCUT2D eigenvalue weighted by Gasteiger charge is -2.03. The molecule has 1 amide bonds. The SMILES string of the molecule is CC#CC#CC/C=C\C=C\C(=O)NCC(C)C. The molecule has 0 aromatic rings. The highest BCUT2D eigenvalue weighted by Crippen LogP contribution is 1.87. The highest BCUT2D eigenvalue weighted by molar-refractivity contribution is 5.87. The minimum Gasteiger partial charge on any atom is -0.352 e. The van der Waals surface area contributed by atoms with Gasteiger partial charge in [-0.25, -0.2) is 0 Å². The van der Waals surface area contributed by atoms with Gasteiger partial charge >= 0.3 is 0 Å². The molecule has 0 bridgehead atoms. The van der Waals surface area contributed by atoms with Crippen LogP contribution in [0.15, 0.2) is 24.3 Å². The van der Waals surface area contributed by atoms with Crippen LogP contribution in [0.3, 0.4) is 0 Å². The molecular formula is C15H19NO. The predicted octanol–water partition coefficient (Wildman–Crippen LogP) is 2.29. The van der Waals surface area contributed by atoms with E-state index in [1.165, 1.54) is 6.08 Å². The molecule has 90 valence electrons. The largest absolute Gasteiger partial charge is 0.352 e. The van der Waals surface area contributed by atoms with E-state index < -0.39 is 0 Å². The van der Waals surface area contributed by atoms with E-state index >= 15 is 0 Å². The third-order valence-electron chi connectivity index (χ3n) is 1.68. The molecule has 2 nitrogen and oxygen atoms in total. The molecule has 0 fully saturated rings. The molecule has 0 aromatic heterocycles. The van der Waals surface area contributed by atoms with Gasteiger partial charge in [-0.15, -0.1) is 0 Å². The second-order valence-corrected chi connectivity index (χ2v) is 3.81. The van der Waals surface area contributed by atoms with Gasteiger partial charge in [-0.2, -0.15) is 0 Å². The van der Waals surface area contributed by atoms with Crippen LogP contribution in [0, 0.1) is 29.6 Å². The Morgan fingerprint density at radius 3 is 2.71 bits per heavy atom. The standard InChI is InChI=1S/C15H19NO/c1-4-5-6-7-8-9-10-11-12-15(17)16-13-14(2)3/h9-12,14H,8,13H2,1-3H3,(H,16,17)/b10-9-,12-11+. The fourth-order valence-corrected chi connectivity index (χ4v) is 0.870. The molecule has 0 radical (unpaired) electrons. The van der Waals surface area contributed by atoms with Crippen LogP contribution in [-0.2, 0) is 4.79 Å². The van der Waals surface area contributed by atoms with Gasteiger partial charge in [-0.3, -0.25) is 4.79 Å². The van der Waals surface area contributed by atoms with Crippen molar-refractivity contribution in [2.45, 2.75) is 27.2 Å². The van der Waals surface area contributed by atoms with Crippen molar-refractivity contribution in [1.29, 1.82) is 0 Å². The van der Waals surface area contributed by atoms with Gasteiger partial charge in [0.15, 0.2) is 0 Å². The maximum atomic E-state index is 11.2. The van der Waals surface area contributed by atoms with Crippen LogP contribution in [0.4, 0.5) is 0 Å². The number of hydrogen-bond donors (Lipinski definition) is 1. The lowest BCUT2D eigenvalue weighted by molar-refractivity contribution is -0.116. The Balaban J connectivity index is 3.78. The molecule has 0 saturated heterocycles. The van der Waals surface area contributed by atoms with E-state index in [2.05, 4.69) is 42.8 Å². The lowest BCUT2D eigenvalue weighted by atomic mass is 10.2. The molecule has 0 unspecified atom stereocenters. The number of allylic oxidation sites excluding steroid dienone is 3. The average molecular weight is 229 g/mol. The van der Waals surface area contributed by atoms with Crippen LogP contribution in [0.5, 0.6) is 0 Å². The monoisotopic (exact) mass is 229 g/mol. The van der Waals surface area contributed by atoms with Crippen molar-refractivity contribution < 1.29 is 4.79 Å². The molecule has 0 aliphatic carbocycles. The zero-order valence-electron chi connectivity index (χ0n) is 10.7. The molecule has 0 aliphatic rings. The van der Waals surface area contributed by atoms with Crippen LogP contribution < -0.4 is 5.32 Å². The number of hydrogen-bond acceptors (Lipinski definition) is 1. The molecule has 0 aliphatic heterocycles. The van der Waals surface area contributed by atoms with E-state index in [9.17, 15) is 4.79 Å². The van der Waals surface area contributed by atoms with Gasteiger partial charge in [-0.1, -0.05) is 43.9 Å². The van der Waals surface area contributed by atoms with E-state index in [4.69, 9.17) is 0 Å². The van der Waals surface area contributed by atoms with E-state index in [0.29, 0.717) is 18.9 Å². The third kappa shape index (κ3) is 12.0. The fraction of sp³-hybridized carbons (Fsp3) is 0.400. The summed E-state index contributed by atoms with van der Waals surface area (Å²) in [6.07, 6.45) is 7.56. The van der Waals surface area contributed by atoms with Crippen LogP contribution in [0.2, 0.25) is 0 Å². The highest BCUT2D eigenvalue weighted by atomic mass is 16.1. The Bertz CT molecular complexity index is 394. The van der Waals surface area contributed by atoms with Crippen molar-refractivity contribution in [2.24, 2.45) is 5.92 Å². The van der Waals surface area contributed by atoms with Crippen molar-refractivity contribution >= 4 is 5.91 Å². The van der Waals surface area contributed by atoms with Gasteiger partial charge in [0.05, 0.1) is 0 Å². The molecule has 0 atom stereocenters. The maximum Gasteiger partial charge on any atom is 0.243 e. The Morgan fingerprint density at radius 1 is 1.29 bits per heavy atom. The van der Waals surface area contributed by atoms with E-state index in [-0.39, 0.29) is 5.91 Å². The van der Waals surface area contributed by atoms with Crippen LogP contribution in [0.1, 0.15) is 27.2 Å². The zero-order chi connectivity index (χ0) is 12.9. The summed E-state index contributed by atoms with van der Waals surface area (Å²) in [7, 11) is 0. The summed E-state index contributed by atoms with van der Waals surface area (Å²) in [5.74, 6) is 11.3. The third-order valence-corrected chi connectivity index (χ3v) is 1.68. The summed E-state index contributed by atoms with van der Waals surface area (Å²) < 4.78 is 0. The first-order chi connectivity index (χ1) is 8.16. The smallest absolute Gasteiger partial charge is 0.243 e. The van der Waals surface area contributed by atoms with Crippen molar-refractivity contribution in [3.63, 3.8) is 0 Å². The second-order valence-electron chi connectivity index (χ2n) is 3.81. The molecule has 0 aromatic carbocycles. The van der Waals surface area contributed by atoms with E-state index in [1.54, 1.807) is 13.0 Å². The number of carbonyl (C=O) groups is 1. The number of amides is 1. The van der Waals surface area contributed by atoms with Gasteiger partial charge < -0.3 is 5.32 Å². The van der Waals surface area contributed by atoms with Crippen LogP contribution >= 0.6 is 0 Å². The van der Waals surface area contributed by atoms with E-state index in [0.717, 1.165) is 0 Å². The number of carbonyl (C=O) groups excluding carboxylic acids is 1. The molecule has 2 heteroatoms. The summed E-state index contributed by atoms with van der Waals surface area (Å²) in [5, 5.41) is 2.80. The summed E-state index contributed by atoms with van der Waals surface area (Å²) in [6.45, 7) is 6.57. The maximum absolute atomic E-state index is 11.2. The average Bonchev–Trinajstić information content (AvgIpc) is 2.30. The number of nitrogens with one attached hydrogen (secondary N) is 1. The molecule has 17 heavy (non-hydrogen) atoms. The highest BCUT2D eigenvalue weighted by Gasteiger charge is 1.95. The number of rotatable bonds is 5. The topological polar surface area (TPSA) is 29.1 Å². The van der Waals surface area contributed by atoms with Gasteiger partial charge in [0.25, 0.3) is 0 Å². The Morgan fingerprint density at radius 2 is 2.06 bits per heavy atom. The minimum atomic E-state index is -0.0636. The second kappa shape index (κ2) is 10.6. The predicted molar refractivity (Wildman–Crippen MR) is 72.0 cm³/mol. The molecule has 0 heterocycles. The molecular weight excluding hydrogens is 210 g/mol. The van der Waals surface area contributed by atoms with Crippen molar-refractivity contribution in [3.05, 3.63) is 24.3 Å². The Labute approximate surface area is 104 Å². The fourth-order valence-electron chi connectivity index (χ4n) is 0.870. The normalized spacial score (nSPS) is 9.88. The molecule has 0 saturated carbocycles. The summed E-state index contributed by atoms with van der Waals surface area (Å²) in [5.41, 5.74) is 0. The first kappa shape index (κ1) is 15.1. The Kier molecular flexibility index (Phi) is 9.38. The molecule has 1 N–H and O–H groups in total. The quantitative estimate of drug-likeness (QED) is 0.437. The summed E-state index contributed by atoms with van der Waals surface area (Å²) in [6, 6.07) is 0. The molecule has 0 rings (SSSR count). The summed E-state index contributed by atoms with van der Waals surface area (Å²) >= 11 is 0. The van der Waals surface area contributed by atoms with E-state index in [1.807, 2.05) is 12.2 Å². The van der Waals surface area contributed by atoms with Gasteiger partial charge in [0.2, 0.25) is 5.91 Å². The lowest BCUT2D eigenvalue weighted by Crippen LogP contribution is -2.25. The van der Waals surface area contributed by atoms with Crippen LogP contribution in [0.25, 0.3) is 0 Å². The van der Waals surface area contributed by atoms with Crippen molar-refractivity contribution in [2.75, 3.05) is 6.54 Å². The van der Waals surface area contributed by atoms with Gasteiger partial charge in [0.1, 0.15) is 0 Å². The van der Waals surface area contributed by atoms with Gasteiger partial charge in [-0.05, 0) is 24.7 Å². The van der Waals surface area contributed by atoms with Crippen molar-refractivity contribution in [1.82, 2.24) is 5.32 Å². The van der Waals surface area contributed by atoms with Gasteiger partial charge in [0, 0.05) is 19.0 Å². The first-order valence-corrected chi connectivity index (χ1v) is 5.67. The Hall–Kier alpha value is -1.93. The minimum absolute atomic E-state index is 0.0636. The first-order valence-electron chi connectivity index (χ1n) is 5.67. The zero-order valence-corrected chi connectivity index (χ0v) is 10.7. The molecule has 0 spiro atoms. The van der Waals surface area contributed by atoms with Crippen LogP contribution in [-0.4, -0.2) is 12.5 Å².